The third-order valence-electron chi connectivity index (χ3n) is 3.45. The lowest BCUT2D eigenvalue weighted by molar-refractivity contribution is 0.0695. The van der Waals surface area contributed by atoms with Gasteiger partial charge < -0.3 is 19.3 Å². The minimum absolute atomic E-state index is 0.0870. The maximum atomic E-state index is 11.5. The first-order valence-corrected chi connectivity index (χ1v) is 8.90. The van der Waals surface area contributed by atoms with E-state index in [9.17, 15) is 9.90 Å². The Morgan fingerprint density at radius 2 is 1.15 bits per heavy atom. The minimum Gasteiger partial charge on any atom is -0.485 e. The first kappa shape index (κ1) is 22.4. The van der Waals surface area contributed by atoms with Crippen molar-refractivity contribution < 1.29 is 24.1 Å². The fourth-order valence-corrected chi connectivity index (χ4v) is 1.94. The van der Waals surface area contributed by atoms with Gasteiger partial charge in [-0.15, -0.1) is 0 Å². The van der Waals surface area contributed by atoms with Gasteiger partial charge in [-0.2, -0.15) is 0 Å². The first-order chi connectivity index (χ1) is 12.7. The molecule has 148 valence electrons. The molecule has 0 aliphatic rings. The largest absolute Gasteiger partial charge is 0.485 e. The van der Waals surface area contributed by atoms with E-state index in [1.807, 2.05) is 59.8 Å². The Kier molecular flexibility index (Phi) is 9.20. The highest BCUT2D eigenvalue weighted by Crippen LogP contribution is 2.39. The Hall–Kier alpha value is -2.69. The Morgan fingerprint density at radius 3 is 1.48 bits per heavy atom. The number of ether oxygens (including phenoxy) is 3. The van der Waals surface area contributed by atoms with Gasteiger partial charge in [-0.05, 0) is 71.9 Å². The minimum atomic E-state index is -1.05. The molecule has 0 saturated heterocycles. The number of hydrogen-bond donors (Lipinski definition) is 1. The summed E-state index contributed by atoms with van der Waals surface area (Å²) in [4.78, 5) is 11.5. The molecule has 0 aliphatic carbocycles. The van der Waals surface area contributed by atoms with Crippen molar-refractivity contribution in [2.24, 2.45) is 0 Å². The van der Waals surface area contributed by atoms with E-state index < -0.39 is 5.97 Å². The van der Waals surface area contributed by atoms with Crippen LogP contribution in [0.2, 0.25) is 0 Å². The van der Waals surface area contributed by atoms with Crippen LogP contribution in [-0.4, -0.2) is 30.9 Å². The zero-order valence-electron chi connectivity index (χ0n) is 17.1. The lowest BCUT2D eigenvalue weighted by Crippen LogP contribution is -2.07. The number of allylic oxidation sites excluding steroid dienone is 3. The van der Waals surface area contributed by atoms with Crippen LogP contribution in [0.15, 0.2) is 47.1 Å². The third-order valence-corrected chi connectivity index (χ3v) is 3.45. The summed E-state index contributed by atoms with van der Waals surface area (Å²) >= 11 is 0. The lowest BCUT2D eigenvalue weighted by atomic mass is 10.2. The quantitative estimate of drug-likeness (QED) is 0.554. The Morgan fingerprint density at radius 1 is 0.778 bits per heavy atom. The molecule has 5 nitrogen and oxygen atoms in total. The van der Waals surface area contributed by atoms with Crippen LogP contribution in [0, 0.1) is 0 Å². The van der Waals surface area contributed by atoms with Gasteiger partial charge in [0, 0.05) is 0 Å². The molecule has 27 heavy (non-hydrogen) atoms. The van der Waals surface area contributed by atoms with Crippen LogP contribution in [-0.2, 0) is 0 Å². The summed E-state index contributed by atoms with van der Waals surface area (Å²) in [6.45, 7) is 12.8. The number of benzene rings is 1. The smallest absolute Gasteiger partial charge is 0.335 e. The monoisotopic (exact) mass is 374 g/mol. The van der Waals surface area contributed by atoms with Gasteiger partial charge in [-0.25, -0.2) is 4.79 Å². The molecule has 1 aromatic rings. The fraction of sp³-hybridized carbons (Fsp3) is 0.409. The number of carboxylic acids is 1. The molecule has 1 rings (SSSR count). The molecule has 0 aliphatic heterocycles. The van der Waals surface area contributed by atoms with Crippen molar-refractivity contribution in [2.45, 2.75) is 41.5 Å². The number of carbonyl (C=O) groups is 1. The second kappa shape index (κ2) is 11.1. The number of carboxylic acid groups (broad SMARTS) is 1. The number of rotatable bonds is 10. The van der Waals surface area contributed by atoms with E-state index >= 15 is 0 Å². The van der Waals surface area contributed by atoms with Crippen molar-refractivity contribution in [1.82, 2.24) is 0 Å². The van der Waals surface area contributed by atoms with Crippen LogP contribution < -0.4 is 14.2 Å². The Balaban J connectivity index is 3.28. The highest BCUT2D eigenvalue weighted by Gasteiger charge is 2.18. The topological polar surface area (TPSA) is 65.0 Å². The molecule has 0 atom stereocenters. The summed E-state index contributed by atoms with van der Waals surface area (Å²) in [5.41, 5.74) is 3.42. The molecule has 0 aromatic heterocycles. The maximum Gasteiger partial charge on any atom is 0.335 e. The molecule has 0 saturated carbocycles. The molecule has 0 unspecified atom stereocenters. The first-order valence-electron chi connectivity index (χ1n) is 8.90. The molecule has 0 heterocycles. The third kappa shape index (κ3) is 8.49. The SMILES string of the molecule is CC(C)=CCOc1cc(C(=O)O)cc(OCC=C(C)C)c1OCC=C(C)C. The second-order valence-corrected chi connectivity index (χ2v) is 6.88. The molecule has 0 fully saturated rings. The van der Waals surface area contributed by atoms with Gasteiger partial charge in [0.05, 0.1) is 5.56 Å². The Bertz CT molecular complexity index is 686. The summed E-state index contributed by atoms with van der Waals surface area (Å²) in [6.07, 6.45) is 5.76. The normalized spacial score (nSPS) is 9.85. The molecule has 5 heteroatoms. The average Bonchev–Trinajstić information content (AvgIpc) is 2.55. The van der Waals surface area contributed by atoms with Crippen LogP contribution in [0.5, 0.6) is 17.2 Å². The summed E-state index contributed by atoms with van der Waals surface area (Å²) in [6, 6.07) is 2.93. The number of aromatic carboxylic acids is 1. The van der Waals surface area contributed by atoms with E-state index in [4.69, 9.17) is 14.2 Å². The average molecular weight is 374 g/mol. The Labute approximate surface area is 161 Å². The van der Waals surface area contributed by atoms with Crippen LogP contribution in [0.4, 0.5) is 0 Å². The van der Waals surface area contributed by atoms with E-state index in [2.05, 4.69) is 0 Å². The molecule has 1 aromatic carbocycles. The summed E-state index contributed by atoms with van der Waals surface area (Å²) in [5, 5.41) is 9.42. The van der Waals surface area contributed by atoms with Gasteiger partial charge in [-0.1, -0.05) is 16.7 Å². The number of hydrogen-bond acceptors (Lipinski definition) is 4. The van der Waals surface area contributed by atoms with Crippen molar-refractivity contribution in [3.05, 3.63) is 52.6 Å². The van der Waals surface area contributed by atoms with Crippen molar-refractivity contribution >= 4 is 5.97 Å². The highest BCUT2D eigenvalue weighted by atomic mass is 16.5. The van der Waals surface area contributed by atoms with Gasteiger partial charge in [0.25, 0.3) is 0 Å². The zero-order valence-corrected chi connectivity index (χ0v) is 17.1. The van der Waals surface area contributed by atoms with E-state index in [1.165, 1.54) is 12.1 Å². The van der Waals surface area contributed by atoms with Gasteiger partial charge in [0.1, 0.15) is 19.8 Å². The highest BCUT2D eigenvalue weighted by molar-refractivity contribution is 5.89. The molecule has 0 spiro atoms. The summed E-state index contributed by atoms with van der Waals surface area (Å²) in [7, 11) is 0. The van der Waals surface area contributed by atoms with E-state index in [0.717, 1.165) is 16.7 Å². The van der Waals surface area contributed by atoms with Crippen LogP contribution in [0.3, 0.4) is 0 Å². The van der Waals surface area contributed by atoms with Crippen LogP contribution in [0.25, 0.3) is 0 Å². The fourth-order valence-electron chi connectivity index (χ4n) is 1.94. The van der Waals surface area contributed by atoms with Crippen molar-refractivity contribution in [3.8, 4) is 17.2 Å². The predicted octanol–water partition coefficient (Wildman–Crippen LogP) is 5.42. The summed E-state index contributed by atoms with van der Waals surface area (Å²) < 4.78 is 17.4. The molecule has 1 N–H and O–H groups in total. The maximum absolute atomic E-state index is 11.5. The molecule has 0 radical (unpaired) electrons. The van der Waals surface area contributed by atoms with Crippen LogP contribution >= 0.6 is 0 Å². The molecular weight excluding hydrogens is 344 g/mol. The zero-order chi connectivity index (χ0) is 20.4. The van der Waals surface area contributed by atoms with Crippen LogP contribution in [0.1, 0.15) is 51.9 Å². The standard InChI is InChI=1S/C22H30O5/c1-15(2)7-10-25-19-13-18(22(23)24)14-20(26-11-8-16(3)4)21(19)27-12-9-17(5)6/h7-9,13-14H,10-12H2,1-6H3,(H,23,24). The molecule has 0 amide bonds. The van der Waals surface area contributed by atoms with Gasteiger partial charge >= 0.3 is 5.97 Å². The second-order valence-electron chi connectivity index (χ2n) is 6.88. The summed E-state index contributed by atoms with van der Waals surface area (Å²) in [5.74, 6) is 0.0512. The molecule has 0 bridgehead atoms. The van der Waals surface area contributed by atoms with Crippen molar-refractivity contribution in [3.63, 3.8) is 0 Å². The van der Waals surface area contributed by atoms with Gasteiger partial charge in [-0.3, -0.25) is 0 Å². The predicted molar refractivity (Wildman–Crippen MR) is 108 cm³/mol. The van der Waals surface area contributed by atoms with Gasteiger partial charge in [0.15, 0.2) is 11.5 Å². The van der Waals surface area contributed by atoms with E-state index in [-0.39, 0.29) is 5.56 Å². The van der Waals surface area contributed by atoms with Gasteiger partial charge in [0.2, 0.25) is 5.75 Å². The van der Waals surface area contributed by atoms with Crippen molar-refractivity contribution in [2.75, 3.05) is 19.8 Å². The van der Waals surface area contributed by atoms with Crippen molar-refractivity contribution in [1.29, 1.82) is 0 Å². The van der Waals surface area contributed by atoms with E-state index in [0.29, 0.717) is 37.1 Å². The molecular formula is C22H30O5. The van der Waals surface area contributed by atoms with E-state index in [1.54, 1.807) is 0 Å². The lowest BCUT2D eigenvalue weighted by Gasteiger charge is -2.17.